The third kappa shape index (κ3) is 3.81. The molecule has 22 heavy (non-hydrogen) atoms. The van der Waals surface area contributed by atoms with Crippen molar-refractivity contribution in [2.24, 2.45) is 0 Å². The number of hydrogen-bond donors (Lipinski definition) is 1. The lowest BCUT2D eigenvalue weighted by molar-refractivity contribution is -0.128. The topological polar surface area (TPSA) is 83.1 Å². The number of benzene rings is 1. The summed E-state index contributed by atoms with van der Waals surface area (Å²) < 4.78 is 20.7. The number of likely N-dealkylation sites (N-methyl/N-ethyl adjacent to an activating group) is 1. The third-order valence-corrected chi connectivity index (χ3v) is 2.93. The molecule has 0 fully saturated rings. The molecule has 7 heteroatoms. The van der Waals surface area contributed by atoms with E-state index in [9.17, 15) is 9.59 Å². The van der Waals surface area contributed by atoms with Gasteiger partial charge in [-0.05, 0) is 26.0 Å². The van der Waals surface area contributed by atoms with Crippen LogP contribution in [0.25, 0.3) is 0 Å². The van der Waals surface area contributed by atoms with Crippen molar-refractivity contribution < 1.29 is 28.5 Å². The van der Waals surface area contributed by atoms with Crippen LogP contribution in [0.5, 0.6) is 17.2 Å². The highest BCUT2D eigenvalue weighted by Gasteiger charge is 2.24. The van der Waals surface area contributed by atoms with Gasteiger partial charge in [-0.2, -0.15) is 0 Å². The molecule has 1 amide bonds. The molecule has 0 aliphatic carbocycles. The normalized spacial score (nSPS) is 11.3. The van der Waals surface area contributed by atoms with Crippen molar-refractivity contribution in [3.63, 3.8) is 0 Å². The van der Waals surface area contributed by atoms with Crippen molar-refractivity contribution in [1.82, 2.24) is 5.32 Å². The summed E-state index contributed by atoms with van der Waals surface area (Å²) in [5.41, 5.74) is 0.149. The second-order valence-corrected chi connectivity index (χ2v) is 4.32. The van der Waals surface area contributed by atoms with Crippen molar-refractivity contribution in [1.29, 1.82) is 0 Å². The molecule has 0 aliphatic rings. The Hall–Kier alpha value is -2.44. The number of ether oxygens (including phenoxy) is 4. The Balaban J connectivity index is 3.05. The summed E-state index contributed by atoms with van der Waals surface area (Å²) in [5, 5.41) is 2.58. The standard InChI is InChI=1S/C15H21NO6/c1-6-16-14(17)9(2)22-15(18)10-7-8-11(19-3)13(21-5)12(10)20-4/h7-9H,6H2,1-5H3,(H,16,17)/t9-/m1/s1. The van der Waals surface area contributed by atoms with E-state index in [1.807, 2.05) is 0 Å². The molecule has 0 radical (unpaired) electrons. The fourth-order valence-corrected chi connectivity index (χ4v) is 1.86. The molecule has 1 aromatic rings. The number of hydrogen-bond acceptors (Lipinski definition) is 6. The Morgan fingerprint density at radius 1 is 1.09 bits per heavy atom. The number of nitrogens with one attached hydrogen (secondary N) is 1. The highest BCUT2D eigenvalue weighted by molar-refractivity contribution is 5.96. The zero-order valence-electron chi connectivity index (χ0n) is 13.4. The number of carbonyl (C=O) groups excluding carboxylic acids is 2. The molecule has 1 atom stereocenters. The molecule has 0 spiro atoms. The Kier molecular flexibility index (Phi) is 6.49. The second kappa shape index (κ2) is 8.11. The SMILES string of the molecule is CCNC(=O)[C@@H](C)OC(=O)c1ccc(OC)c(OC)c1OC. The Morgan fingerprint density at radius 3 is 2.23 bits per heavy atom. The molecule has 0 aromatic heterocycles. The van der Waals surface area contributed by atoms with E-state index in [1.54, 1.807) is 13.0 Å². The maximum absolute atomic E-state index is 12.2. The summed E-state index contributed by atoms with van der Waals surface area (Å²) in [4.78, 5) is 23.9. The van der Waals surface area contributed by atoms with Gasteiger partial charge in [0.25, 0.3) is 5.91 Å². The van der Waals surface area contributed by atoms with Crippen molar-refractivity contribution in [3.05, 3.63) is 17.7 Å². The lowest BCUT2D eigenvalue weighted by Gasteiger charge is -2.17. The zero-order valence-corrected chi connectivity index (χ0v) is 13.4. The Morgan fingerprint density at radius 2 is 1.73 bits per heavy atom. The molecule has 7 nitrogen and oxygen atoms in total. The monoisotopic (exact) mass is 311 g/mol. The highest BCUT2D eigenvalue weighted by Crippen LogP contribution is 2.40. The van der Waals surface area contributed by atoms with E-state index in [0.717, 1.165) is 0 Å². The second-order valence-electron chi connectivity index (χ2n) is 4.32. The highest BCUT2D eigenvalue weighted by atomic mass is 16.6. The molecule has 0 heterocycles. The van der Waals surface area contributed by atoms with E-state index in [4.69, 9.17) is 18.9 Å². The van der Waals surface area contributed by atoms with Crippen LogP contribution in [-0.4, -0.2) is 45.9 Å². The quantitative estimate of drug-likeness (QED) is 0.766. The van der Waals surface area contributed by atoms with Crippen LogP contribution in [0.2, 0.25) is 0 Å². The predicted molar refractivity (Wildman–Crippen MR) is 79.7 cm³/mol. The van der Waals surface area contributed by atoms with Gasteiger partial charge in [0.05, 0.1) is 21.3 Å². The maximum Gasteiger partial charge on any atom is 0.342 e. The number of carbonyl (C=O) groups is 2. The van der Waals surface area contributed by atoms with Crippen LogP contribution >= 0.6 is 0 Å². The van der Waals surface area contributed by atoms with E-state index in [-0.39, 0.29) is 23.0 Å². The van der Waals surface area contributed by atoms with Crippen LogP contribution in [0.3, 0.4) is 0 Å². The molecule has 1 aromatic carbocycles. The average molecular weight is 311 g/mol. The van der Waals surface area contributed by atoms with Gasteiger partial charge >= 0.3 is 5.97 Å². The minimum Gasteiger partial charge on any atom is -0.493 e. The van der Waals surface area contributed by atoms with Gasteiger partial charge in [-0.25, -0.2) is 4.79 Å². The average Bonchev–Trinajstić information content (AvgIpc) is 2.52. The smallest absolute Gasteiger partial charge is 0.342 e. The number of rotatable bonds is 7. The summed E-state index contributed by atoms with van der Waals surface area (Å²) in [5.74, 6) is -0.153. The largest absolute Gasteiger partial charge is 0.493 e. The first-order valence-electron chi connectivity index (χ1n) is 6.77. The van der Waals surface area contributed by atoms with E-state index in [2.05, 4.69) is 5.32 Å². The summed E-state index contributed by atoms with van der Waals surface area (Å²) in [6.45, 7) is 3.74. The third-order valence-electron chi connectivity index (χ3n) is 2.93. The van der Waals surface area contributed by atoms with Crippen molar-refractivity contribution in [2.45, 2.75) is 20.0 Å². The van der Waals surface area contributed by atoms with Crippen LogP contribution in [0, 0.1) is 0 Å². The first kappa shape index (κ1) is 17.6. The molecule has 1 N–H and O–H groups in total. The molecular weight excluding hydrogens is 290 g/mol. The summed E-state index contributed by atoms with van der Waals surface area (Å²) in [6, 6.07) is 3.06. The molecule has 0 bridgehead atoms. The molecule has 0 unspecified atom stereocenters. The minimum absolute atomic E-state index is 0.149. The predicted octanol–water partition coefficient (Wildman–Crippen LogP) is 1.39. The summed E-state index contributed by atoms with van der Waals surface area (Å²) >= 11 is 0. The minimum atomic E-state index is -0.912. The Bertz CT molecular complexity index is 543. The van der Waals surface area contributed by atoms with E-state index < -0.39 is 12.1 Å². The molecule has 0 aliphatic heterocycles. The van der Waals surface area contributed by atoms with Gasteiger partial charge in [0.1, 0.15) is 5.56 Å². The maximum atomic E-state index is 12.2. The van der Waals surface area contributed by atoms with Crippen LogP contribution in [0.15, 0.2) is 12.1 Å². The van der Waals surface area contributed by atoms with Crippen LogP contribution in [0.4, 0.5) is 0 Å². The molecular formula is C15H21NO6. The summed E-state index contributed by atoms with van der Waals surface area (Å²) in [6.07, 6.45) is -0.912. The number of amides is 1. The first-order valence-corrected chi connectivity index (χ1v) is 6.77. The van der Waals surface area contributed by atoms with Gasteiger partial charge in [0.2, 0.25) is 5.75 Å². The number of methoxy groups -OCH3 is 3. The van der Waals surface area contributed by atoms with Gasteiger partial charge in [-0.1, -0.05) is 0 Å². The van der Waals surface area contributed by atoms with Crippen molar-refractivity contribution in [3.8, 4) is 17.2 Å². The van der Waals surface area contributed by atoms with Gasteiger partial charge < -0.3 is 24.3 Å². The van der Waals surface area contributed by atoms with Gasteiger partial charge in [0.15, 0.2) is 17.6 Å². The molecule has 1 rings (SSSR count). The number of esters is 1. The molecule has 122 valence electrons. The van der Waals surface area contributed by atoms with Crippen molar-refractivity contribution in [2.75, 3.05) is 27.9 Å². The van der Waals surface area contributed by atoms with Gasteiger partial charge in [-0.3, -0.25) is 4.79 Å². The van der Waals surface area contributed by atoms with Gasteiger partial charge in [-0.15, -0.1) is 0 Å². The van der Waals surface area contributed by atoms with E-state index in [0.29, 0.717) is 12.3 Å². The summed E-state index contributed by atoms with van der Waals surface area (Å²) in [7, 11) is 4.32. The van der Waals surface area contributed by atoms with Crippen LogP contribution in [0.1, 0.15) is 24.2 Å². The molecule has 0 saturated heterocycles. The fraction of sp³-hybridized carbons (Fsp3) is 0.467. The van der Waals surface area contributed by atoms with Gasteiger partial charge in [0, 0.05) is 6.54 Å². The lowest BCUT2D eigenvalue weighted by atomic mass is 10.1. The fourth-order valence-electron chi connectivity index (χ4n) is 1.86. The lowest BCUT2D eigenvalue weighted by Crippen LogP contribution is -2.35. The van der Waals surface area contributed by atoms with E-state index in [1.165, 1.54) is 34.3 Å². The van der Waals surface area contributed by atoms with Crippen LogP contribution in [-0.2, 0) is 9.53 Å². The Labute approximate surface area is 129 Å². The first-order chi connectivity index (χ1) is 10.5. The van der Waals surface area contributed by atoms with Crippen molar-refractivity contribution >= 4 is 11.9 Å². The zero-order chi connectivity index (χ0) is 16.7. The molecule has 0 saturated carbocycles. The van der Waals surface area contributed by atoms with E-state index >= 15 is 0 Å². The van der Waals surface area contributed by atoms with Crippen LogP contribution < -0.4 is 19.5 Å².